The van der Waals surface area contributed by atoms with E-state index in [-0.39, 0.29) is 23.6 Å². The Balaban J connectivity index is 0.00000225. The molecule has 5 heteroatoms. The summed E-state index contributed by atoms with van der Waals surface area (Å²) in [4.78, 5) is 14.1. The van der Waals surface area contributed by atoms with Crippen LogP contribution in [0.15, 0.2) is 51.7 Å². The fraction of sp³-hybridized carbons (Fsp3) is 0.250. The lowest BCUT2D eigenvalue weighted by molar-refractivity contribution is -0.872. The Labute approximate surface area is 153 Å². The van der Waals surface area contributed by atoms with Gasteiger partial charge >= 0.3 is 0 Å². The number of phenols is 1. The fourth-order valence-electron chi connectivity index (χ4n) is 3.01. The molecule has 0 aliphatic carbocycles. The van der Waals surface area contributed by atoms with E-state index >= 15 is 0 Å². The second-order valence-electron chi connectivity index (χ2n) is 6.28. The van der Waals surface area contributed by atoms with Crippen molar-refractivity contribution in [2.75, 3.05) is 14.1 Å². The van der Waals surface area contributed by atoms with Crippen molar-refractivity contribution in [3.05, 3.63) is 63.8 Å². The number of halogens is 1. The molecule has 0 spiro atoms. The Morgan fingerprint density at radius 2 is 1.72 bits per heavy atom. The van der Waals surface area contributed by atoms with E-state index in [0.29, 0.717) is 40.8 Å². The third-order valence-electron chi connectivity index (χ3n) is 4.15. The monoisotopic (exact) mass is 359 g/mol. The lowest BCUT2D eigenvalue weighted by atomic mass is 10.0. The molecule has 0 atom stereocenters. The fourth-order valence-corrected chi connectivity index (χ4v) is 3.01. The first-order chi connectivity index (χ1) is 11.5. The van der Waals surface area contributed by atoms with Gasteiger partial charge in [-0.25, -0.2) is 0 Å². The molecule has 1 heterocycles. The van der Waals surface area contributed by atoms with Gasteiger partial charge in [-0.3, -0.25) is 4.79 Å². The topological polar surface area (TPSA) is 54.9 Å². The maximum atomic E-state index is 13.0. The van der Waals surface area contributed by atoms with Gasteiger partial charge in [0.25, 0.3) is 0 Å². The summed E-state index contributed by atoms with van der Waals surface area (Å²) in [5.74, 6) is 0.756. The van der Waals surface area contributed by atoms with Gasteiger partial charge in [-0.1, -0.05) is 37.3 Å². The summed E-state index contributed by atoms with van der Waals surface area (Å²) in [6, 6.07) is 12.9. The van der Waals surface area contributed by atoms with Crippen LogP contribution in [0.2, 0.25) is 0 Å². The normalized spacial score (nSPS) is 10.9. The summed E-state index contributed by atoms with van der Waals surface area (Å²) in [6.45, 7) is 2.53. The third-order valence-corrected chi connectivity index (χ3v) is 4.15. The van der Waals surface area contributed by atoms with Crippen LogP contribution in [0.1, 0.15) is 18.1 Å². The molecule has 0 amide bonds. The molecule has 3 aromatic rings. The van der Waals surface area contributed by atoms with Gasteiger partial charge in [0.05, 0.1) is 25.0 Å². The lowest BCUT2D eigenvalue weighted by Gasteiger charge is -2.14. The van der Waals surface area contributed by atoms with Crippen LogP contribution in [0.3, 0.4) is 0 Å². The van der Waals surface area contributed by atoms with Crippen molar-refractivity contribution >= 4 is 11.0 Å². The van der Waals surface area contributed by atoms with E-state index in [0.717, 1.165) is 10.5 Å². The summed E-state index contributed by atoms with van der Waals surface area (Å²) in [7, 11) is 3.99. The van der Waals surface area contributed by atoms with Gasteiger partial charge in [0.2, 0.25) is 0 Å². The van der Waals surface area contributed by atoms with Crippen molar-refractivity contribution in [3.63, 3.8) is 0 Å². The second-order valence-corrected chi connectivity index (χ2v) is 6.28. The molecular weight excluding hydrogens is 338 g/mol. The number of fused-ring (bicyclic) bond motifs is 1. The molecule has 3 rings (SSSR count). The summed E-state index contributed by atoms with van der Waals surface area (Å²) in [6.07, 6.45) is 0.595. The number of hydrogen-bond acceptors (Lipinski definition) is 3. The van der Waals surface area contributed by atoms with Gasteiger partial charge in [-0.05, 0) is 18.6 Å². The Kier molecular flexibility index (Phi) is 5.88. The first kappa shape index (κ1) is 19.0. The van der Waals surface area contributed by atoms with E-state index < -0.39 is 0 Å². The van der Waals surface area contributed by atoms with E-state index in [1.807, 2.05) is 51.4 Å². The van der Waals surface area contributed by atoms with Crippen LogP contribution in [0.5, 0.6) is 5.75 Å². The zero-order chi connectivity index (χ0) is 17.3. The Morgan fingerprint density at radius 1 is 1.04 bits per heavy atom. The zero-order valence-electron chi connectivity index (χ0n) is 14.6. The molecule has 0 unspecified atom stereocenters. The molecule has 0 fully saturated rings. The number of rotatable bonds is 4. The molecule has 0 saturated heterocycles. The molecule has 0 aliphatic heterocycles. The first-order valence-corrected chi connectivity index (χ1v) is 8.18. The quantitative estimate of drug-likeness (QED) is 0.652. The molecule has 25 heavy (non-hydrogen) atoms. The number of nitrogens with one attached hydrogen (secondary N) is 1. The molecule has 0 radical (unpaired) electrons. The summed E-state index contributed by atoms with van der Waals surface area (Å²) >= 11 is 0. The van der Waals surface area contributed by atoms with Crippen LogP contribution >= 0.6 is 0 Å². The minimum absolute atomic E-state index is 0. The van der Waals surface area contributed by atoms with E-state index in [1.165, 1.54) is 0 Å². The average Bonchev–Trinajstić information content (AvgIpc) is 2.57. The zero-order valence-corrected chi connectivity index (χ0v) is 15.4. The van der Waals surface area contributed by atoms with Crippen LogP contribution in [0.25, 0.3) is 22.3 Å². The van der Waals surface area contributed by atoms with Crippen LogP contribution in [0, 0.1) is 0 Å². The number of aromatic hydroxyl groups is 1. The number of benzene rings is 2. The number of phenolic OH excluding ortho intramolecular Hbond substituents is 1. The minimum atomic E-state index is -0.0207. The van der Waals surface area contributed by atoms with Gasteiger partial charge in [0, 0.05) is 11.1 Å². The van der Waals surface area contributed by atoms with Gasteiger partial charge in [-0.2, -0.15) is 0 Å². The molecule has 2 aromatic carbocycles. The SMILES string of the molecule is CCc1c(-c2ccccc2)oc2c(C[NH+](C)C)c(O)ccc2c1=O.[Cl-]. The minimum Gasteiger partial charge on any atom is -1.00 e. The average molecular weight is 360 g/mol. The Bertz CT molecular complexity index is 933. The largest absolute Gasteiger partial charge is 1.00 e. The highest BCUT2D eigenvalue weighted by Gasteiger charge is 2.19. The van der Waals surface area contributed by atoms with Crippen LogP contribution in [0.4, 0.5) is 0 Å². The molecule has 0 bridgehead atoms. The van der Waals surface area contributed by atoms with Crippen LogP contribution < -0.4 is 22.7 Å². The maximum absolute atomic E-state index is 13.0. The highest BCUT2D eigenvalue weighted by molar-refractivity contribution is 5.84. The van der Waals surface area contributed by atoms with Crippen LogP contribution in [-0.2, 0) is 13.0 Å². The van der Waals surface area contributed by atoms with E-state index in [4.69, 9.17) is 4.42 Å². The van der Waals surface area contributed by atoms with Crippen molar-refractivity contribution in [3.8, 4) is 17.1 Å². The molecule has 0 aliphatic rings. The molecular formula is C20H22ClNO3. The predicted octanol–water partition coefficient (Wildman–Crippen LogP) is -0.623. The van der Waals surface area contributed by atoms with Gasteiger partial charge < -0.3 is 26.8 Å². The van der Waals surface area contributed by atoms with Crippen molar-refractivity contribution in [2.45, 2.75) is 19.9 Å². The van der Waals surface area contributed by atoms with Gasteiger partial charge in [0.1, 0.15) is 18.1 Å². The lowest BCUT2D eigenvalue weighted by Crippen LogP contribution is -3.04. The Morgan fingerprint density at radius 3 is 2.32 bits per heavy atom. The van der Waals surface area contributed by atoms with Crippen LogP contribution in [-0.4, -0.2) is 19.2 Å². The van der Waals surface area contributed by atoms with Crippen molar-refractivity contribution < 1.29 is 26.8 Å². The van der Waals surface area contributed by atoms with Crippen molar-refractivity contribution in [2.24, 2.45) is 0 Å². The first-order valence-electron chi connectivity index (χ1n) is 8.18. The molecule has 132 valence electrons. The number of quaternary nitrogens is 1. The van der Waals surface area contributed by atoms with Gasteiger partial charge in [-0.15, -0.1) is 0 Å². The van der Waals surface area contributed by atoms with Crippen molar-refractivity contribution in [1.29, 1.82) is 0 Å². The van der Waals surface area contributed by atoms with Crippen molar-refractivity contribution in [1.82, 2.24) is 0 Å². The smallest absolute Gasteiger partial charge is 0.196 e. The molecule has 4 nitrogen and oxygen atoms in total. The molecule has 1 aromatic heterocycles. The maximum Gasteiger partial charge on any atom is 0.196 e. The van der Waals surface area contributed by atoms with E-state index in [1.54, 1.807) is 12.1 Å². The molecule has 2 N–H and O–H groups in total. The van der Waals surface area contributed by atoms with E-state index in [9.17, 15) is 9.90 Å². The Hall–Kier alpha value is -2.30. The summed E-state index contributed by atoms with van der Waals surface area (Å²) in [5.41, 5.74) is 2.68. The van der Waals surface area contributed by atoms with E-state index in [2.05, 4.69) is 0 Å². The highest BCUT2D eigenvalue weighted by atomic mass is 35.5. The summed E-state index contributed by atoms with van der Waals surface area (Å²) < 4.78 is 6.19. The molecule has 0 saturated carbocycles. The highest BCUT2D eigenvalue weighted by Crippen LogP contribution is 2.31. The predicted molar refractivity (Wildman–Crippen MR) is 95.5 cm³/mol. The number of hydrogen-bond donors (Lipinski definition) is 2. The standard InChI is InChI=1S/C20H21NO3.ClH/c1-4-14-18(23)15-10-11-17(22)16(12-21(2)3)20(15)24-19(14)13-8-6-5-7-9-13;/h5-11,22H,4,12H2,1-3H3;1H. The summed E-state index contributed by atoms with van der Waals surface area (Å²) in [5, 5.41) is 10.8. The van der Waals surface area contributed by atoms with Gasteiger partial charge in [0.15, 0.2) is 11.0 Å². The third kappa shape index (κ3) is 3.55. The second kappa shape index (κ2) is 7.72.